The summed E-state index contributed by atoms with van der Waals surface area (Å²) in [5.41, 5.74) is 4.91. The van der Waals surface area contributed by atoms with Crippen LogP contribution in [0, 0.1) is 0 Å². The maximum atomic E-state index is 13.2. The van der Waals surface area contributed by atoms with Gasteiger partial charge in [0.2, 0.25) is 5.91 Å². The summed E-state index contributed by atoms with van der Waals surface area (Å²) >= 11 is 12.7. The van der Waals surface area contributed by atoms with E-state index in [0.29, 0.717) is 24.5 Å². The number of nitrogens with one attached hydrogen (secondary N) is 1. The van der Waals surface area contributed by atoms with Crippen LogP contribution in [-0.2, 0) is 24.2 Å². The number of halogens is 2. The van der Waals surface area contributed by atoms with Gasteiger partial charge >= 0.3 is 0 Å². The van der Waals surface area contributed by atoms with Gasteiger partial charge in [0.05, 0.1) is 24.0 Å². The third-order valence-corrected chi connectivity index (χ3v) is 6.75. The van der Waals surface area contributed by atoms with E-state index < -0.39 is 0 Å². The van der Waals surface area contributed by atoms with Gasteiger partial charge in [-0.15, -0.1) is 0 Å². The second-order valence-corrected chi connectivity index (χ2v) is 9.37. The van der Waals surface area contributed by atoms with Gasteiger partial charge in [-0.3, -0.25) is 4.79 Å². The van der Waals surface area contributed by atoms with Crippen LogP contribution in [0.25, 0.3) is 11.0 Å². The van der Waals surface area contributed by atoms with Crippen molar-refractivity contribution in [3.8, 4) is 0 Å². The Kier molecular flexibility index (Phi) is 8.25. The Morgan fingerprint density at radius 3 is 2.26 bits per heavy atom. The van der Waals surface area contributed by atoms with Gasteiger partial charge in [0.25, 0.3) is 0 Å². The number of aromatic amines is 1. The van der Waals surface area contributed by atoms with Crippen molar-refractivity contribution in [1.29, 1.82) is 0 Å². The Bertz CT molecular complexity index is 1270. The van der Waals surface area contributed by atoms with Crippen LogP contribution in [0.15, 0.2) is 66.7 Å². The summed E-state index contributed by atoms with van der Waals surface area (Å²) in [6.07, 6.45) is 4.13. The summed E-state index contributed by atoms with van der Waals surface area (Å²) in [5, 5.41) is 1.37. The van der Waals surface area contributed by atoms with Gasteiger partial charge < -0.3 is 9.88 Å². The third kappa shape index (κ3) is 5.99. The standard InChI is InChI=1S/C28H29Cl2N3O/c1-2-3-8-16-33(27(34)18-21-11-5-7-14-24(21)30)19-26-31-25-15-9-12-22(28(25)32-26)17-20-10-4-6-13-23(20)29/h4-7,9-15H,2-3,8,16-19H2,1H3,(H,31,32). The van der Waals surface area contributed by atoms with E-state index in [4.69, 9.17) is 28.2 Å². The first-order valence-corrected chi connectivity index (χ1v) is 12.5. The van der Waals surface area contributed by atoms with E-state index in [1.807, 2.05) is 65.6 Å². The number of para-hydroxylation sites is 1. The third-order valence-electron chi connectivity index (χ3n) is 6.01. The van der Waals surface area contributed by atoms with Crippen molar-refractivity contribution in [2.24, 2.45) is 0 Å². The monoisotopic (exact) mass is 493 g/mol. The van der Waals surface area contributed by atoms with Gasteiger partial charge in [-0.25, -0.2) is 4.98 Å². The number of carbonyl (C=O) groups excluding carboxylic acids is 1. The van der Waals surface area contributed by atoms with Gasteiger partial charge in [0.15, 0.2) is 0 Å². The number of imidazole rings is 1. The number of hydrogen-bond acceptors (Lipinski definition) is 2. The Labute approximate surface area is 210 Å². The van der Waals surface area contributed by atoms with Crippen molar-refractivity contribution in [2.45, 2.75) is 45.6 Å². The number of H-pyrrole nitrogens is 1. The smallest absolute Gasteiger partial charge is 0.227 e. The number of benzene rings is 3. The molecule has 6 heteroatoms. The summed E-state index contributed by atoms with van der Waals surface area (Å²) in [6.45, 7) is 3.30. The molecule has 0 aliphatic carbocycles. The zero-order chi connectivity index (χ0) is 23.9. The largest absolute Gasteiger partial charge is 0.340 e. The molecule has 0 aliphatic heterocycles. The minimum Gasteiger partial charge on any atom is -0.340 e. The quantitative estimate of drug-likeness (QED) is 0.237. The fourth-order valence-electron chi connectivity index (χ4n) is 4.15. The molecule has 1 aromatic heterocycles. The number of amides is 1. The molecular formula is C28H29Cl2N3O. The van der Waals surface area contributed by atoms with Gasteiger partial charge in [-0.05, 0) is 41.3 Å². The maximum absolute atomic E-state index is 13.2. The van der Waals surface area contributed by atoms with Crippen molar-refractivity contribution in [3.05, 3.63) is 99.3 Å². The molecular weight excluding hydrogens is 465 g/mol. The number of nitrogens with zero attached hydrogens (tertiary/aromatic N) is 2. The van der Waals surface area contributed by atoms with E-state index in [0.717, 1.165) is 57.8 Å². The Hall–Kier alpha value is -2.82. The van der Waals surface area contributed by atoms with Crippen molar-refractivity contribution in [1.82, 2.24) is 14.9 Å². The Balaban J connectivity index is 1.56. The highest BCUT2D eigenvalue weighted by Crippen LogP contribution is 2.24. The molecule has 0 spiro atoms. The molecule has 1 heterocycles. The van der Waals surface area contributed by atoms with E-state index >= 15 is 0 Å². The van der Waals surface area contributed by atoms with Gasteiger partial charge in [0, 0.05) is 23.0 Å². The molecule has 1 N–H and O–H groups in total. The number of rotatable bonds is 10. The first-order valence-electron chi connectivity index (χ1n) is 11.8. The molecule has 0 unspecified atom stereocenters. The molecule has 0 fully saturated rings. The fraction of sp³-hybridized carbons (Fsp3) is 0.286. The first kappa shape index (κ1) is 24.3. The highest BCUT2D eigenvalue weighted by molar-refractivity contribution is 6.31. The molecule has 0 saturated heterocycles. The average molecular weight is 494 g/mol. The predicted octanol–water partition coefficient (Wildman–Crippen LogP) is 7.22. The fourth-order valence-corrected chi connectivity index (χ4v) is 4.55. The number of aromatic nitrogens is 2. The van der Waals surface area contributed by atoms with Crippen molar-refractivity contribution in [3.63, 3.8) is 0 Å². The summed E-state index contributed by atoms with van der Waals surface area (Å²) in [6, 6.07) is 21.5. The second-order valence-electron chi connectivity index (χ2n) is 8.56. The minimum atomic E-state index is 0.0564. The lowest BCUT2D eigenvalue weighted by Crippen LogP contribution is -2.33. The zero-order valence-electron chi connectivity index (χ0n) is 19.4. The summed E-state index contributed by atoms with van der Waals surface area (Å²) < 4.78 is 0. The van der Waals surface area contributed by atoms with Crippen LogP contribution in [-0.4, -0.2) is 27.3 Å². The molecule has 0 aliphatic rings. The molecule has 176 valence electrons. The highest BCUT2D eigenvalue weighted by Gasteiger charge is 2.18. The van der Waals surface area contributed by atoms with Crippen LogP contribution in [0.2, 0.25) is 10.0 Å². The van der Waals surface area contributed by atoms with Crippen LogP contribution in [0.3, 0.4) is 0 Å². The summed E-state index contributed by atoms with van der Waals surface area (Å²) in [4.78, 5) is 23.4. The normalized spacial score (nSPS) is 11.1. The maximum Gasteiger partial charge on any atom is 0.227 e. The molecule has 4 nitrogen and oxygen atoms in total. The second kappa shape index (κ2) is 11.5. The van der Waals surface area contributed by atoms with Gasteiger partial charge in [-0.1, -0.05) is 91.5 Å². The molecule has 0 atom stereocenters. The Morgan fingerprint density at radius 1 is 0.882 bits per heavy atom. The number of fused-ring (bicyclic) bond motifs is 1. The number of unbranched alkanes of at least 4 members (excludes halogenated alkanes) is 2. The van der Waals surface area contributed by atoms with Gasteiger partial charge in [0.1, 0.15) is 5.82 Å². The van der Waals surface area contributed by atoms with Crippen LogP contribution in [0.1, 0.15) is 48.7 Å². The summed E-state index contributed by atoms with van der Waals surface area (Å²) in [7, 11) is 0. The van der Waals surface area contributed by atoms with E-state index in [-0.39, 0.29) is 12.3 Å². The van der Waals surface area contributed by atoms with E-state index in [1.54, 1.807) is 0 Å². The van der Waals surface area contributed by atoms with Crippen LogP contribution >= 0.6 is 23.2 Å². The number of carbonyl (C=O) groups is 1. The van der Waals surface area contributed by atoms with Crippen molar-refractivity contribution in [2.75, 3.05) is 6.54 Å². The van der Waals surface area contributed by atoms with Gasteiger partial charge in [-0.2, -0.15) is 0 Å². The molecule has 4 aromatic rings. The number of hydrogen-bond donors (Lipinski definition) is 1. The van der Waals surface area contributed by atoms with E-state index in [1.165, 1.54) is 0 Å². The lowest BCUT2D eigenvalue weighted by molar-refractivity contribution is -0.131. The lowest BCUT2D eigenvalue weighted by atomic mass is 10.0. The topological polar surface area (TPSA) is 49.0 Å². The first-order chi connectivity index (χ1) is 16.5. The molecule has 0 bridgehead atoms. The molecule has 1 amide bonds. The van der Waals surface area contributed by atoms with Crippen LogP contribution in [0.5, 0.6) is 0 Å². The van der Waals surface area contributed by atoms with E-state index in [9.17, 15) is 4.79 Å². The predicted molar refractivity (Wildman–Crippen MR) is 140 cm³/mol. The SMILES string of the molecule is CCCCCN(Cc1nc2c(Cc3ccccc3Cl)cccc2[nH]1)C(=O)Cc1ccccc1Cl. The summed E-state index contributed by atoms with van der Waals surface area (Å²) in [5.74, 6) is 0.839. The van der Waals surface area contributed by atoms with E-state index in [2.05, 4.69) is 18.0 Å². The van der Waals surface area contributed by atoms with Crippen LogP contribution < -0.4 is 0 Å². The minimum absolute atomic E-state index is 0.0564. The molecule has 3 aromatic carbocycles. The molecule has 34 heavy (non-hydrogen) atoms. The van der Waals surface area contributed by atoms with Crippen molar-refractivity contribution >= 4 is 40.1 Å². The van der Waals surface area contributed by atoms with Crippen LogP contribution in [0.4, 0.5) is 0 Å². The van der Waals surface area contributed by atoms with Crippen molar-refractivity contribution < 1.29 is 4.79 Å². The highest BCUT2D eigenvalue weighted by atomic mass is 35.5. The zero-order valence-corrected chi connectivity index (χ0v) is 20.9. The molecule has 0 saturated carbocycles. The lowest BCUT2D eigenvalue weighted by Gasteiger charge is -2.22. The molecule has 0 radical (unpaired) electrons. The average Bonchev–Trinajstić information content (AvgIpc) is 3.25. The Morgan fingerprint density at radius 2 is 1.56 bits per heavy atom. The molecule has 4 rings (SSSR count).